The fraction of sp³-hybridized carbons (Fsp3) is 0.364. The first-order chi connectivity index (χ1) is 13.9. The highest BCUT2D eigenvalue weighted by atomic mass is 35.5. The minimum Gasteiger partial charge on any atom is -0.484 e. The molecule has 0 aliphatic heterocycles. The van der Waals surface area contributed by atoms with Gasteiger partial charge in [-0.1, -0.05) is 43.1 Å². The molecule has 0 saturated heterocycles. The molecule has 0 aromatic heterocycles. The SMILES string of the molecule is CCCCNC(=O)C(C)N(Cc1ccc(F)cc1)C(=O)COc1cccc(Cl)c1. The van der Waals surface area contributed by atoms with Gasteiger partial charge < -0.3 is 15.0 Å². The van der Waals surface area contributed by atoms with Crippen LogP contribution in [-0.2, 0) is 16.1 Å². The average Bonchev–Trinajstić information content (AvgIpc) is 2.71. The molecule has 0 aliphatic rings. The van der Waals surface area contributed by atoms with E-state index in [0.717, 1.165) is 18.4 Å². The van der Waals surface area contributed by atoms with Gasteiger partial charge in [0.1, 0.15) is 17.6 Å². The third-order valence-electron chi connectivity index (χ3n) is 4.42. The fourth-order valence-corrected chi connectivity index (χ4v) is 2.87. The number of rotatable bonds is 10. The predicted molar refractivity (Wildman–Crippen MR) is 111 cm³/mol. The molecule has 2 aromatic carbocycles. The van der Waals surface area contributed by atoms with Gasteiger partial charge in [0.15, 0.2) is 6.61 Å². The van der Waals surface area contributed by atoms with Gasteiger partial charge in [-0.2, -0.15) is 0 Å². The molecule has 1 N–H and O–H groups in total. The van der Waals surface area contributed by atoms with Crippen LogP contribution in [0.2, 0.25) is 5.02 Å². The van der Waals surface area contributed by atoms with Gasteiger partial charge in [-0.3, -0.25) is 9.59 Å². The second-order valence-corrected chi connectivity index (χ2v) is 7.15. The van der Waals surface area contributed by atoms with Gasteiger partial charge in [0, 0.05) is 18.1 Å². The Morgan fingerprint density at radius 1 is 1.21 bits per heavy atom. The minimum absolute atomic E-state index is 0.167. The minimum atomic E-state index is -0.702. The van der Waals surface area contributed by atoms with Crippen LogP contribution in [0.1, 0.15) is 32.3 Å². The van der Waals surface area contributed by atoms with E-state index < -0.39 is 6.04 Å². The lowest BCUT2D eigenvalue weighted by Crippen LogP contribution is -2.49. The third kappa shape index (κ3) is 7.38. The maximum Gasteiger partial charge on any atom is 0.261 e. The van der Waals surface area contributed by atoms with Crippen LogP contribution in [0.25, 0.3) is 0 Å². The maximum atomic E-state index is 13.2. The maximum absolute atomic E-state index is 13.2. The molecule has 0 bridgehead atoms. The summed E-state index contributed by atoms with van der Waals surface area (Å²) in [5, 5.41) is 3.35. The van der Waals surface area contributed by atoms with Crippen LogP contribution in [0.5, 0.6) is 5.75 Å². The lowest BCUT2D eigenvalue weighted by Gasteiger charge is -2.28. The highest BCUT2D eigenvalue weighted by Gasteiger charge is 2.26. The molecule has 156 valence electrons. The van der Waals surface area contributed by atoms with Crippen molar-refractivity contribution >= 4 is 23.4 Å². The molecule has 2 aromatic rings. The van der Waals surface area contributed by atoms with Crippen molar-refractivity contribution in [2.75, 3.05) is 13.2 Å². The van der Waals surface area contributed by atoms with Crippen LogP contribution in [0.4, 0.5) is 4.39 Å². The van der Waals surface area contributed by atoms with E-state index in [-0.39, 0.29) is 30.8 Å². The summed E-state index contributed by atoms with van der Waals surface area (Å²) in [4.78, 5) is 26.8. The van der Waals surface area contributed by atoms with Crippen LogP contribution in [0.15, 0.2) is 48.5 Å². The normalized spacial score (nSPS) is 11.6. The van der Waals surface area contributed by atoms with E-state index in [1.807, 2.05) is 6.92 Å². The van der Waals surface area contributed by atoms with Gasteiger partial charge >= 0.3 is 0 Å². The topological polar surface area (TPSA) is 58.6 Å². The Balaban J connectivity index is 2.10. The van der Waals surface area contributed by atoms with E-state index in [0.29, 0.717) is 17.3 Å². The van der Waals surface area contributed by atoms with Crippen molar-refractivity contribution in [2.24, 2.45) is 0 Å². The van der Waals surface area contributed by atoms with Crippen molar-refractivity contribution in [1.82, 2.24) is 10.2 Å². The molecule has 1 atom stereocenters. The van der Waals surface area contributed by atoms with Gasteiger partial charge in [0.25, 0.3) is 5.91 Å². The van der Waals surface area contributed by atoms with E-state index in [9.17, 15) is 14.0 Å². The van der Waals surface area contributed by atoms with Crippen molar-refractivity contribution in [3.63, 3.8) is 0 Å². The summed E-state index contributed by atoms with van der Waals surface area (Å²) in [5.74, 6) is -0.488. The Bertz CT molecular complexity index is 814. The van der Waals surface area contributed by atoms with Gasteiger partial charge in [0.05, 0.1) is 0 Å². The zero-order valence-corrected chi connectivity index (χ0v) is 17.4. The Hall–Kier alpha value is -2.60. The van der Waals surface area contributed by atoms with E-state index in [2.05, 4.69) is 5.32 Å². The molecule has 1 unspecified atom stereocenters. The molecule has 29 heavy (non-hydrogen) atoms. The monoisotopic (exact) mass is 420 g/mol. The van der Waals surface area contributed by atoms with Crippen LogP contribution in [0.3, 0.4) is 0 Å². The molecule has 0 radical (unpaired) electrons. The number of carbonyl (C=O) groups is 2. The number of amides is 2. The first kappa shape index (κ1) is 22.7. The molecule has 2 rings (SSSR count). The van der Waals surface area contributed by atoms with Gasteiger partial charge in [-0.15, -0.1) is 0 Å². The fourth-order valence-electron chi connectivity index (χ4n) is 2.69. The molecule has 0 aliphatic carbocycles. The molecule has 7 heteroatoms. The summed E-state index contributed by atoms with van der Waals surface area (Å²) >= 11 is 5.94. The van der Waals surface area contributed by atoms with Gasteiger partial charge in [-0.25, -0.2) is 4.39 Å². The zero-order valence-electron chi connectivity index (χ0n) is 16.7. The van der Waals surface area contributed by atoms with Crippen LogP contribution >= 0.6 is 11.6 Å². The number of ether oxygens (including phenoxy) is 1. The van der Waals surface area contributed by atoms with E-state index >= 15 is 0 Å². The molecule has 0 spiro atoms. The second kappa shape index (κ2) is 11.4. The summed E-state index contributed by atoms with van der Waals surface area (Å²) in [6, 6.07) is 11.9. The largest absolute Gasteiger partial charge is 0.484 e. The van der Waals surface area contributed by atoms with Crippen molar-refractivity contribution in [3.8, 4) is 5.75 Å². The molecular formula is C22H26ClFN2O3. The van der Waals surface area contributed by atoms with Crippen LogP contribution in [-0.4, -0.2) is 35.9 Å². The predicted octanol–water partition coefficient (Wildman–Crippen LogP) is 4.19. The lowest BCUT2D eigenvalue weighted by molar-refractivity contribution is -0.142. The van der Waals surface area contributed by atoms with Gasteiger partial charge in [0.2, 0.25) is 5.91 Å². The Morgan fingerprint density at radius 3 is 2.59 bits per heavy atom. The number of nitrogens with zero attached hydrogens (tertiary/aromatic N) is 1. The molecule has 0 saturated carbocycles. The summed E-state index contributed by atoms with van der Waals surface area (Å²) < 4.78 is 18.8. The van der Waals surface area contributed by atoms with E-state index in [1.54, 1.807) is 43.3 Å². The summed E-state index contributed by atoms with van der Waals surface area (Å²) in [6.07, 6.45) is 1.82. The number of nitrogens with one attached hydrogen (secondary N) is 1. The number of unbranched alkanes of at least 4 members (excludes halogenated alkanes) is 1. The molecule has 5 nitrogen and oxygen atoms in total. The van der Waals surface area contributed by atoms with Crippen molar-refractivity contribution in [1.29, 1.82) is 0 Å². The van der Waals surface area contributed by atoms with Crippen LogP contribution in [0, 0.1) is 5.82 Å². The van der Waals surface area contributed by atoms with Crippen molar-refractivity contribution < 1.29 is 18.7 Å². The highest BCUT2D eigenvalue weighted by molar-refractivity contribution is 6.30. The first-order valence-corrected chi connectivity index (χ1v) is 9.98. The summed E-state index contributed by atoms with van der Waals surface area (Å²) in [5.41, 5.74) is 0.718. The Kier molecular flexibility index (Phi) is 8.93. The number of hydrogen-bond acceptors (Lipinski definition) is 3. The number of halogens is 2. The average molecular weight is 421 g/mol. The van der Waals surface area contributed by atoms with Crippen LogP contribution < -0.4 is 10.1 Å². The lowest BCUT2D eigenvalue weighted by atomic mass is 10.1. The number of carbonyl (C=O) groups excluding carboxylic acids is 2. The third-order valence-corrected chi connectivity index (χ3v) is 4.66. The standard InChI is InChI=1S/C22H26ClFN2O3/c1-3-4-12-25-22(28)16(2)26(14-17-8-10-19(24)11-9-17)21(27)15-29-20-7-5-6-18(23)13-20/h5-11,13,16H,3-4,12,14-15H2,1-2H3,(H,25,28). The Labute approximate surface area is 175 Å². The smallest absolute Gasteiger partial charge is 0.261 e. The van der Waals surface area contributed by atoms with E-state index in [1.165, 1.54) is 17.0 Å². The molecule has 0 fully saturated rings. The number of benzene rings is 2. The molecular weight excluding hydrogens is 395 g/mol. The number of hydrogen-bond donors (Lipinski definition) is 1. The first-order valence-electron chi connectivity index (χ1n) is 9.60. The summed E-state index contributed by atoms with van der Waals surface area (Å²) in [6.45, 7) is 4.18. The van der Waals surface area contributed by atoms with Crippen molar-refractivity contribution in [3.05, 3.63) is 64.9 Å². The highest BCUT2D eigenvalue weighted by Crippen LogP contribution is 2.18. The molecule has 2 amide bonds. The van der Waals surface area contributed by atoms with Gasteiger partial charge in [-0.05, 0) is 49.2 Å². The molecule has 0 heterocycles. The van der Waals surface area contributed by atoms with Crippen molar-refractivity contribution in [2.45, 2.75) is 39.3 Å². The summed E-state index contributed by atoms with van der Waals surface area (Å²) in [7, 11) is 0. The zero-order chi connectivity index (χ0) is 21.2. The second-order valence-electron chi connectivity index (χ2n) is 6.71. The quantitative estimate of drug-likeness (QED) is 0.586. The van der Waals surface area contributed by atoms with E-state index in [4.69, 9.17) is 16.3 Å². The Morgan fingerprint density at radius 2 is 1.93 bits per heavy atom.